The van der Waals surface area contributed by atoms with Crippen molar-refractivity contribution in [3.8, 4) is 0 Å². The molecule has 0 atom stereocenters. The van der Waals surface area contributed by atoms with E-state index >= 15 is 0 Å². The first-order chi connectivity index (χ1) is 13.1. The lowest BCUT2D eigenvalue weighted by Gasteiger charge is -2.04. The van der Waals surface area contributed by atoms with Crippen molar-refractivity contribution >= 4 is 49.9 Å². The Balaban J connectivity index is 1.60. The molecule has 8 nitrogen and oxygen atoms in total. The lowest BCUT2D eigenvalue weighted by atomic mass is 10.3. The van der Waals surface area contributed by atoms with Gasteiger partial charge in [0.15, 0.2) is 5.65 Å². The van der Waals surface area contributed by atoms with Crippen LogP contribution in [0, 0.1) is 0 Å². The molecule has 0 saturated carbocycles. The average Bonchev–Trinajstić information content (AvgIpc) is 3.41. The Morgan fingerprint density at radius 2 is 2.26 bits per heavy atom. The van der Waals surface area contributed by atoms with Crippen molar-refractivity contribution in [2.24, 2.45) is 12.0 Å². The molecular formula is C17H14ClN7OS. The molecule has 1 aliphatic rings. The molecule has 0 unspecified atom stereocenters. The summed E-state index contributed by atoms with van der Waals surface area (Å²) in [6.45, 7) is 0.976. The Morgan fingerprint density at radius 1 is 1.37 bits per heavy atom. The molecule has 1 N–H and O–H groups in total. The molecule has 1 aliphatic heterocycles. The van der Waals surface area contributed by atoms with Gasteiger partial charge in [0, 0.05) is 24.6 Å². The summed E-state index contributed by atoms with van der Waals surface area (Å²) in [4.78, 5) is 22.1. The number of H-pyrrole nitrogens is 1. The van der Waals surface area contributed by atoms with Crippen molar-refractivity contribution < 1.29 is 0 Å². The van der Waals surface area contributed by atoms with Gasteiger partial charge in [-0.1, -0.05) is 17.7 Å². The first-order valence-electron chi connectivity index (χ1n) is 8.33. The van der Waals surface area contributed by atoms with Crippen LogP contribution in [0.1, 0.15) is 10.7 Å². The van der Waals surface area contributed by atoms with Crippen LogP contribution in [-0.4, -0.2) is 41.8 Å². The second-order valence-electron chi connectivity index (χ2n) is 6.30. The van der Waals surface area contributed by atoms with Crippen molar-refractivity contribution in [2.75, 3.05) is 6.54 Å². The van der Waals surface area contributed by atoms with Gasteiger partial charge in [-0.2, -0.15) is 10.2 Å². The third-order valence-corrected chi connectivity index (χ3v) is 5.99. The zero-order chi connectivity index (χ0) is 18.5. The summed E-state index contributed by atoms with van der Waals surface area (Å²) in [5.74, 6) is 0. The van der Waals surface area contributed by atoms with E-state index in [1.54, 1.807) is 17.5 Å². The Bertz CT molecular complexity index is 1310. The zero-order valence-electron chi connectivity index (χ0n) is 14.3. The van der Waals surface area contributed by atoms with Gasteiger partial charge in [0.1, 0.15) is 10.5 Å². The molecule has 0 spiro atoms. The van der Waals surface area contributed by atoms with Crippen LogP contribution in [0.4, 0.5) is 0 Å². The summed E-state index contributed by atoms with van der Waals surface area (Å²) >= 11 is 7.65. The second kappa shape index (κ2) is 6.14. The quantitative estimate of drug-likeness (QED) is 0.569. The summed E-state index contributed by atoms with van der Waals surface area (Å²) in [7, 11) is 1.86. The fourth-order valence-electron chi connectivity index (χ4n) is 3.26. The molecule has 0 aliphatic carbocycles. The van der Waals surface area contributed by atoms with E-state index in [0.717, 1.165) is 33.0 Å². The first kappa shape index (κ1) is 16.4. The van der Waals surface area contributed by atoms with Crippen LogP contribution in [0.5, 0.6) is 0 Å². The Labute approximate surface area is 161 Å². The van der Waals surface area contributed by atoms with Crippen molar-refractivity contribution in [3.63, 3.8) is 0 Å². The van der Waals surface area contributed by atoms with Crippen LogP contribution in [-0.2, 0) is 20.0 Å². The minimum Gasteiger partial charge on any atom is -0.323 e. The molecule has 0 aromatic carbocycles. The SMILES string of the molecule is Cn1c2nc(CC3=NCC=C3)sc2c2cnn(Cc3[nH]ncc3Cl)c(=O)c21. The predicted molar refractivity (Wildman–Crippen MR) is 106 cm³/mol. The zero-order valence-corrected chi connectivity index (χ0v) is 15.9. The van der Waals surface area contributed by atoms with Crippen LogP contribution in [0.3, 0.4) is 0 Å². The standard InChI is InChI=1S/C17H14ClN7OS/c1-24-14-10(6-21-25(17(14)26)8-12-11(18)7-20-23-12)15-16(24)22-13(27-15)5-9-3-2-4-19-9/h2-3,6-7H,4-5,8H2,1H3,(H,20,23). The highest BCUT2D eigenvalue weighted by Gasteiger charge is 2.19. The van der Waals surface area contributed by atoms with Gasteiger partial charge in [0.05, 0.1) is 40.9 Å². The van der Waals surface area contributed by atoms with E-state index in [-0.39, 0.29) is 12.1 Å². The maximum Gasteiger partial charge on any atom is 0.291 e. The smallest absolute Gasteiger partial charge is 0.291 e. The fraction of sp³-hybridized carbons (Fsp3) is 0.235. The molecule has 10 heteroatoms. The number of fused-ring (bicyclic) bond motifs is 3. The molecule has 0 radical (unpaired) electrons. The molecule has 0 saturated heterocycles. The number of nitrogens with one attached hydrogen (secondary N) is 1. The van der Waals surface area contributed by atoms with Gasteiger partial charge in [-0.05, 0) is 6.08 Å². The van der Waals surface area contributed by atoms with Crippen LogP contribution < -0.4 is 5.56 Å². The maximum atomic E-state index is 13.0. The number of allylic oxidation sites excluding steroid dienone is 1. The summed E-state index contributed by atoms with van der Waals surface area (Å²) in [6, 6.07) is 0. The third-order valence-electron chi connectivity index (χ3n) is 4.59. The van der Waals surface area contributed by atoms with Gasteiger partial charge in [-0.25, -0.2) is 9.67 Å². The number of aromatic nitrogens is 6. The normalized spacial score (nSPS) is 13.9. The number of hydrogen-bond donors (Lipinski definition) is 1. The number of aromatic amines is 1. The molecule has 0 fully saturated rings. The van der Waals surface area contributed by atoms with Crippen molar-refractivity contribution in [1.29, 1.82) is 0 Å². The Kier molecular flexibility index (Phi) is 3.73. The van der Waals surface area contributed by atoms with E-state index in [4.69, 9.17) is 16.6 Å². The van der Waals surface area contributed by atoms with Crippen LogP contribution in [0.25, 0.3) is 21.3 Å². The summed E-state index contributed by atoms with van der Waals surface area (Å²) in [5, 5.41) is 13.3. The van der Waals surface area contributed by atoms with E-state index in [1.165, 1.54) is 10.9 Å². The van der Waals surface area contributed by atoms with E-state index in [1.807, 2.05) is 23.8 Å². The number of aryl methyl sites for hydroxylation is 1. The van der Waals surface area contributed by atoms with Crippen LogP contribution >= 0.6 is 22.9 Å². The molecule has 5 heterocycles. The van der Waals surface area contributed by atoms with Gasteiger partial charge < -0.3 is 4.57 Å². The van der Waals surface area contributed by atoms with Gasteiger partial charge >= 0.3 is 0 Å². The molecule has 4 aromatic heterocycles. The first-order valence-corrected chi connectivity index (χ1v) is 9.53. The van der Waals surface area contributed by atoms with E-state index < -0.39 is 0 Å². The van der Waals surface area contributed by atoms with Crippen molar-refractivity contribution in [3.05, 3.63) is 50.6 Å². The molecule has 27 heavy (non-hydrogen) atoms. The number of nitrogens with zero attached hydrogens (tertiary/aromatic N) is 6. The highest BCUT2D eigenvalue weighted by atomic mass is 35.5. The van der Waals surface area contributed by atoms with Gasteiger partial charge in [-0.3, -0.25) is 14.9 Å². The maximum absolute atomic E-state index is 13.0. The monoisotopic (exact) mass is 399 g/mol. The lowest BCUT2D eigenvalue weighted by Crippen LogP contribution is -2.24. The molecule has 5 rings (SSSR count). The van der Waals surface area contributed by atoms with Gasteiger partial charge in [0.25, 0.3) is 5.56 Å². The molecular weight excluding hydrogens is 386 g/mol. The number of thiazole rings is 1. The second-order valence-corrected chi connectivity index (χ2v) is 7.79. The molecule has 136 valence electrons. The van der Waals surface area contributed by atoms with Gasteiger partial charge in [0.2, 0.25) is 0 Å². The summed E-state index contributed by atoms with van der Waals surface area (Å²) in [5.41, 5.74) is 2.88. The largest absolute Gasteiger partial charge is 0.323 e. The van der Waals surface area contributed by atoms with Crippen molar-refractivity contribution in [1.82, 2.24) is 29.5 Å². The molecule has 0 amide bonds. The molecule has 0 bridgehead atoms. The lowest BCUT2D eigenvalue weighted by molar-refractivity contribution is 0.631. The minimum absolute atomic E-state index is 0.185. The highest BCUT2D eigenvalue weighted by Crippen LogP contribution is 2.31. The van der Waals surface area contributed by atoms with Gasteiger partial charge in [-0.15, -0.1) is 11.3 Å². The third kappa shape index (κ3) is 2.62. The Morgan fingerprint density at radius 3 is 3.00 bits per heavy atom. The average molecular weight is 400 g/mol. The number of aliphatic imine (C=N–C) groups is 1. The topological polar surface area (TPSA) is 93.8 Å². The van der Waals surface area contributed by atoms with E-state index in [2.05, 4.69) is 20.3 Å². The van der Waals surface area contributed by atoms with Crippen molar-refractivity contribution in [2.45, 2.75) is 13.0 Å². The highest BCUT2D eigenvalue weighted by molar-refractivity contribution is 7.19. The van der Waals surface area contributed by atoms with E-state index in [9.17, 15) is 4.79 Å². The predicted octanol–water partition coefficient (Wildman–Crippen LogP) is 2.32. The summed E-state index contributed by atoms with van der Waals surface area (Å²) < 4.78 is 4.19. The summed E-state index contributed by atoms with van der Waals surface area (Å²) in [6.07, 6.45) is 8.01. The number of hydrogen-bond acceptors (Lipinski definition) is 6. The van der Waals surface area contributed by atoms with E-state index in [0.29, 0.717) is 22.7 Å². The molecule has 4 aromatic rings. The van der Waals surface area contributed by atoms with Crippen LogP contribution in [0.15, 0.2) is 34.3 Å². The fourth-order valence-corrected chi connectivity index (χ4v) is 4.53. The number of rotatable bonds is 4. The number of halogens is 1. The Hall–Kier alpha value is -2.78. The van der Waals surface area contributed by atoms with Crippen LogP contribution in [0.2, 0.25) is 5.02 Å². The minimum atomic E-state index is -0.185.